The van der Waals surface area contributed by atoms with E-state index in [0.717, 1.165) is 16.9 Å². The topological polar surface area (TPSA) is 55.2 Å². The number of aromatic nitrogens is 3. The second kappa shape index (κ2) is 7.88. The van der Waals surface area contributed by atoms with Gasteiger partial charge in [-0.1, -0.05) is 45.0 Å². The minimum absolute atomic E-state index is 0.106. The van der Waals surface area contributed by atoms with Crippen LogP contribution in [0.5, 0.6) is 5.75 Å². The maximum absolute atomic E-state index is 5.46. The first kappa shape index (κ1) is 19.0. The third-order valence-electron chi connectivity index (χ3n) is 4.17. The van der Waals surface area contributed by atoms with Gasteiger partial charge in [-0.05, 0) is 59.9 Å². The first-order valence-corrected chi connectivity index (χ1v) is 9.35. The summed E-state index contributed by atoms with van der Waals surface area (Å²) in [5, 5.41) is 11.7. The lowest BCUT2D eigenvalue weighted by atomic mass is 9.87. The molecule has 0 saturated heterocycles. The molecule has 3 rings (SSSR count). The maximum atomic E-state index is 5.46. The van der Waals surface area contributed by atoms with Crippen molar-refractivity contribution in [2.24, 2.45) is 5.10 Å². The summed E-state index contributed by atoms with van der Waals surface area (Å²) in [5.74, 6) is 1.52. The Morgan fingerprint density at radius 3 is 2.37 bits per heavy atom. The molecule has 0 radical (unpaired) electrons. The van der Waals surface area contributed by atoms with E-state index in [9.17, 15) is 0 Å². The van der Waals surface area contributed by atoms with Gasteiger partial charge in [-0.2, -0.15) is 14.9 Å². The molecule has 0 bridgehead atoms. The van der Waals surface area contributed by atoms with Crippen molar-refractivity contribution in [3.05, 3.63) is 64.4 Å². The van der Waals surface area contributed by atoms with E-state index in [1.54, 1.807) is 10.9 Å². The molecule has 1 N–H and O–H groups in total. The van der Waals surface area contributed by atoms with Crippen LogP contribution in [0.1, 0.15) is 38.8 Å². The van der Waals surface area contributed by atoms with Gasteiger partial charge in [-0.25, -0.2) is 5.10 Å². The fraction of sp³-hybridized carbons (Fsp3) is 0.286. The van der Waals surface area contributed by atoms with Crippen molar-refractivity contribution in [3.63, 3.8) is 0 Å². The van der Waals surface area contributed by atoms with E-state index < -0.39 is 0 Å². The van der Waals surface area contributed by atoms with E-state index >= 15 is 0 Å². The molecule has 140 valence electrons. The van der Waals surface area contributed by atoms with E-state index in [4.69, 9.17) is 17.0 Å². The zero-order valence-electron chi connectivity index (χ0n) is 16.1. The highest BCUT2D eigenvalue weighted by Crippen LogP contribution is 2.25. The number of ether oxygens (including phenoxy) is 1. The molecule has 3 aromatic rings. The summed E-state index contributed by atoms with van der Waals surface area (Å²) < 4.78 is 7.55. The average molecular weight is 381 g/mol. The second-order valence-corrected chi connectivity index (χ2v) is 7.62. The van der Waals surface area contributed by atoms with Crippen LogP contribution < -0.4 is 4.74 Å². The second-order valence-electron chi connectivity index (χ2n) is 7.24. The molecule has 0 aliphatic carbocycles. The molecule has 6 heteroatoms. The highest BCUT2D eigenvalue weighted by atomic mass is 32.1. The Labute approximate surface area is 164 Å². The van der Waals surface area contributed by atoms with E-state index in [1.165, 1.54) is 5.56 Å². The highest BCUT2D eigenvalue weighted by Gasteiger charge is 2.14. The van der Waals surface area contributed by atoms with Crippen molar-refractivity contribution in [1.82, 2.24) is 14.9 Å². The molecule has 1 aromatic heterocycles. The molecule has 1 heterocycles. The number of rotatable bonds is 5. The molecular weight excluding hydrogens is 356 g/mol. The van der Waals surface area contributed by atoms with Crippen molar-refractivity contribution < 1.29 is 4.74 Å². The molecule has 0 amide bonds. The molecule has 0 aliphatic rings. The lowest BCUT2D eigenvalue weighted by molar-refractivity contribution is 0.340. The lowest BCUT2D eigenvalue weighted by Crippen LogP contribution is -2.10. The lowest BCUT2D eigenvalue weighted by Gasteiger charge is -2.18. The van der Waals surface area contributed by atoms with Crippen molar-refractivity contribution in [2.45, 2.75) is 33.1 Å². The van der Waals surface area contributed by atoms with Crippen LogP contribution in [0.4, 0.5) is 0 Å². The van der Waals surface area contributed by atoms with Crippen LogP contribution in [0.15, 0.2) is 53.6 Å². The minimum Gasteiger partial charge on any atom is -0.494 e. The Hall–Kier alpha value is -2.73. The third-order valence-corrected chi connectivity index (χ3v) is 4.44. The predicted octanol–water partition coefficient (Wildman–Crippen LogP) is 5.19. The Kier molecular flexibility index (Phi) is 5.56. The van der Waals surface area contributed by atoms with Gasteiger partial charge in [0.15, 0.2) is 5.82 Å². The number of hydrogen-bond donors (Lipinski definition) is 1. The number of H-pyrrole nitrogens is 1. The van der Waals surface area contributed by atoms with Crippen LogP contribution in [-0.4, -0.2) is 27.7 Å². The van der Waals surface area contributed by atoms with E-state index in [0.29, 0.717) is 17.2 Å². The zero-order chi connectivity index (χ0) is 19.4. The van der Waals surface area contributed by atoms with Crippen LogP contribution in [0.25, 0.3) is 11.4 Å². The van der Waals surface area contributed by atoms with Gasteiger partial charge in [0.1, 0.15) is 5.75 Å². The van der Waals surface area contributed by atoms with Crippen molar-refractivity contribution in [3.8, 4) is 17.1 Å². The van der Waals surface area contributed by atoms with Gasteiger partial charge in [0, 0.05) is 5.56 Å². The zero-order valence-corrected chi connectivity index (χ0v) is 16.9. The fourth-order valence-electron chi connectivity index (χ4n) is 2.65. The summed E-state index contributed by atoms with van der Waals surface area (Å²) in [6, 6.07) is 16.1. The molecular formula is C21H24N4OS. The quantitative estimate of drug-likeness (QED) is 0.490. The smallest absolute Gasteiger partial charge is 0.216 e. The summed E-state index contributed by atoms with van der Waals surface area (Å²) in [4.78, 5) is 0. The summed E-state index contributed by atoms with van der Waals surface area (Å²) >= 11 is 5.34. The summed E-state index contributed by atoms with van der Waals surface area (Å²) in [6.45, 7) is 9.19. The first-order chi connectivity index (χ1) is 12.9. The largest absolute Gasteiger partial charge is 0.494 e. The number of hydrogen-bond acceptors (Lipinski definition) is 4. The van der Waals surface area contributed by atoms with Crippen LogP contribution in [0.2, 0.25) is 0 Å². The van der Waals surface area contributed by atoms with Crippen LogP contribution in [0, 0.1) is 4.77 Å². The molecule has 0 atom stereocenters. The van der Waals surface area contributed by atoms with Gasteiger partial charge < -0.3 is 4.74 Å². The average Bonchev–Trinajstić information content (AvgIpc) is 3.01. The molecule has 0 spiro atoms. The first-order valence-electron chi connectivity index (χ1n) is 8.94. The predicted molar refractivity (Wildman–Crippen MR) is 112 cm³/mol. The molecule has 27 heavy (non-hydrogen) atoms. The SMILES string of the molecule is CCOc1ccc(C=Nn2c(-c3ccc(C(C)(C)C)cc3)n[nH]c2=S)cc1. The Morgan fingerprint density at radius 1 is 1.11 bits per heavy atom. The van der Waals surface area contributed by atoms with Crippen LogP contribution >= 0.6 is 12.2 Å². The van der Waals surface area contributed by atoms with Crippen LogP contribution in [-0.2, 0) is 5.41 Å². The van der Waals surface area contributed by atoms with Gasteiger partial charge in [0.25, 0.3) is 0 Å². The van der Waals surface area contributed by atoms with Crippen LogP contribution in [0.3, 0.4) is 0 Å². The number of nitrogens with zero attached hydrogens (tertiary/aromatic N) is 3. The normalized spacial score (nSPS) is 11.9. The maximum Gasteiger partial charge on any atom is 0.216 e. The van der Waals surface area contributed by atoms with Gasteiger partial charge >= 0.3 is 0 Å². The monoisotopic (exact) mass is 380 g/mol. The number of nitrogens with one attached hydrogen (secondary N) is 1. The standard InChI is InChI=1S/C21H24N4OS/c1-5-26-18-12-6-15(7-13-18)14-22-25-19(23-24-20(25)27)16-8-10-17(11-9-16)21(2,3)4/h6-14H,5H2,1-4H3,(H,24,27). The van der Waals surface area contributed by atoms with Crippen molar-refractivity contribution in [2.75, 3.05) is 6.61 Å². The van der Waals surface area contributed by atoms with E-state index in [-0.39, 0.29) is 5.41 Å². The summed E-state index contributed by atoms with van der Waals surface area (Å²) in [5.41, 5.74) is 3.29. The number of aromatic amines is 1. The number of benzene rings is 2. The van der Waals surface area contributed by atoms with Gasteiger partial charge in [-0.3, -0.25) is 0 Å². The molecule has 2 aromatic carbocycles. The van der Waals surface area contributed by atoms with Gasteiger partial charge in [0.2, 0.25) is 4.77 Å². The molecule has 0 saturated carbocycles. The summed E-state index contributed by atoms with van der Waals surface area (Å²) in [7, 11) is 0. The highest BCUT2D eigenvalue weighted by molar-refractivity contribution is 7.71. The molecule has 0 aliphatic heterocycles. The van der Waals surface area contributed by atoms with Crippen molar-refractivity contribution >= 4 is 18.4 Å². The van der Waals surface area contributed by atoms with Gasteiger partial charge in [-0.15, -0.1) is 0 Å². The minimum atomic E-state index is 0.106. The fourth-order valence-corrected chi connectivity index (χ4v) is 2.83. The molecule has 5 nitrogen and oxygen atoms in total. The molecule has 0 fully saturated rings. The van der Waals surface area contributed by atoms with Crippen molar-refractivity contribution in [1.29, 1.82) is 0 Å². The van der Waals surface area contributed by atoms with E-state index in [2.05, 4.69) is 60.3 Å². The van der Waals surface area contributed by atoms with Gasteiger partial charge in [0.05, 0.1) is 12.8 Å². The summed E-state index contributed by atoms with van der Waals surface area (Å²) in [6.07, 6.45) is 1.76. The Morgan fingerprint density at radius 2 is 1.78 bits per heavy atom. The van der Waals surface area contributed by atoms with E-state index in [1.807, 2.05) is 31.2 Å². The third kappa shape index (κ3) is 4.52. The Bertz CT molecular complexity index is 977. The Balaban J connectivity index is 1.87. The molecule has 0 unspecified atom stereocenters.